The fourth-order valence-electron chi connectivity index (χ4n) is 2.22. The van der Waals surface area contributed by atoms with Gasteiger partial charge < -0.3 is 18.5 Å². The Hall–Kier alpha value is -0.280. The van der Waals surface area contributed by atoms with Crippen LogP contribution in [0.3, 0.4) is 0 Å². The molecule has 0 N–H and O–H groups in total. The zero-order chi connectivity index (χ0) is 18.8. The maximum Gasteiger partial charge on any atom is 0.353 e. The lowest BCUT2D eigenvalue weighted by Gasteiger charge is -2.26. The van der Waals surface area contributed by atoms with Gasteiger partial charge in [-0.1, -0.05) is 0 Å². The van der Waals surface area contributed by atoms with E-state index in [-0.39, 0.29) is 32.5 Å². The summed E-state index contributed by atoms with van der Waals surface area (Å²) >= 11 is 0. The molecule has 1 aliphatic heterocycles. The number of rotatable bonds is 12. The molecule has 0 unspecified atom stereocenters. The lowest BCUT2D eigenvalue weighted by Crippen LogP contribution is -2.28. The molecule has 0 bridgehead atoms. The maximum atomic E-state index is 12.5. The summed E-state index contributed by atoms with van der Waals surface area (Å²) in [5.74, 6) is 1.36. The van der Waals surface area contributed by atoms with E-state index in [1.165, 1.54) is 5.82 Å². The van der Waals surface area contributed by atoms with Crippen LogP contribution < -0.4 is 0 Å². The van der Waals surface area contributed by atoms with Gasteiger partial charge in [-0.3, -0.25) is 8.75 Å². The van der Waals surface area contributed by atoms with E-state index >= 15 is 0 Å². The summed E-state index contributed by atoms with van der Waals surface area (Å²) in [6.45, 7) is 4.52. The average molecular weight is 400 g/mol. The van der Waals surface area contributed by atoms with Crippen molar-refractivity contribution in [2.75, 3.05) is 32.7 Å². The van der Waals surface area contributed by atoms with E-state index in [0.717, 1.165) is 25.5 Å². The Labute approximate surface area is 150 Å². The van der Waals surface area contributed by atoms with Gasteiger partial charge in [0.15, 0.2) is 6.29 Å². The molecule has 1 rings (SSSR count). The molecule has 0 aromatic rings. The fraction of sp³-hybridized carbons (Fsp3) is 0.867. The molecule has 25 heavy (non-hydrogen) atoms. The van der Waals surface area contributed by atoms with Gasteiger partial charge >= 0.3 is 7.60 Å². The highest BCUT2D eigenvalue weighted by molar-refractivity contribution is 7.85. The van der Waals surface area contributed by atoms with E-state index in [1.807, 2.05) is 0 Å². The van der Waals surface area contributed by atoms with Gasteiger partial charge in [-0.15, -0.1) is 0 Å². The third-order valence-corrected chi connectivity index (χ3v) is 5.63. The third kappa shape index (κ3) is 10.5. The van der Waals surface area contributed by atoms with Gasteiger partial charge in [-0.05, 0) is 39.2 Å². The Morgan fingerprint density at radius 3 is 2.44 bits per heavy atom. The van der Waals surface area contributed by atoms with Gasteiger partial charge in [-0.25, -0.2) is 0 Å². The van der Waals surface area contributed by atoms with Crippen molar-refractivity contribution in [1.29, 1.82) is 0 Å². The van der Waals surface area contributed by atoms with Crippen molar-refractivity contribution < 1.29 is 35.7 Å². The topological polar surface area (TPSA) is 97.4 Å². The van der Waals surface area contributed by atoms with Crippen molar-refractivity contribution >= 4 is 17.7 Å². The van der Waals surface area contributed by atoms with Gasteiger partial charge in [0.25, 0.3) is 10.1 Å². The van der Waals surface area contributed by atoms with E-state index in [0.29, 0.717) is 6.61 Å². The highest BCUT2D eigenvalue weighted by Gasteiger charge is 2.23. The number of ether oxygens (including phenoxy) is 2. The molecular weight excluding hydrogens is 371 g/mol. The van der Waals surface area contributed by atoms with Crippen LogP contribution in [0.4, 0.5) is 0 Å². The van der Waals surface area contributed by atoms with E-state index in [9.17, 15) is 13.0 Å². The molecule has 1 fully saturated rings. The molecule has 0 amide bonds. The van der Waals surface area contributed by atoms with Crippen molar-refractivity contribution in [3.05, 3.63) is 11.9 Å². The molecule has 1 heterocycles. The first-order chi connectivity index (χ1) is 11.8. The summed E-state index contributed by atoms with van der Waals surface area (Å²) < 4.78 is 61.2. The number of hydrogen-bond donors (Lipinski definition) is 0. The molecule has 1 saturated heterocycles. The zero-order valence-corrected chi connectivity index (χ0v) is 16.8. The molecule has 0 spiro atoms. The van der Waals surface area contributed by atoms with E-state index in [4.69, 9.17) is 22.7 Å². The minimum absolute atomic E-state index is 0.0475. The summed E-state index contributed by atoms with van der Waals surface area (Å²) in [4.78, 5) is 0. The summed E-state index contributed by atoms with van der Waals surface area (Å²) in [5, 5.41) is 0. The molecule has 0 aromatic heterocycles. The van der Waals surface area contributed by atoms with Crippen molar-refractivity contribution in [3.8, 4) is 0 Å². The minimum Gasteiger partial charge on any atom is -0.353 e. The first-order valence-corrected chi connectivity index (χ1v) is 11.9. The van der Waals surface area contributed by atoms with Crippen LogP contribution in [0.25, 0.3) is 0 Å². The largest absolute Gasteiger partial charge is 0.353 e. The minimum atomic E-state index is -3.53. The average Bonchev–Trinajstić information content (AvgIpc) is 2.53. The highest BCUT2D eigenvalue weighted by atomic mass is 32.2. The third-order valence-electron chi connectivity index (χ3n) is 3.27. The lowest BCUT2D eigenvalue weighted by molar-refractivity contribution is -0.180. The normalized spacial score (nSPS) is 20.8. The molecule has 0 aliphatic carbocycles. The van der Waals surface area contributed by atoms with E-state index < -0.39 is 23.8 Å². The second kappa shape index (κ2) is 11.4. The Morgan fingerprint density at radius 1 is 1.24 bits per heavy atom. The van der Waals surface area contributed by atoms with Crippen molar-refractivity contribution in [3.63, 3.8) is 0 Å². The Bertz CT molecular complexity index is 532. The number of hydrogen-bond acceptors (Lipinski definition) is 8. The molecule has 1 aliphatic rings. The summed E-state index contributed by atoms with van der Waals surface area (Å²) in [6.07, 6.45) is 4.66. The fourth-order valence-corrected chi connectivity index (χ4v) is 3.99. The van der Waals surface area contributed by atoms with Gasteiger partial charge in [0.1, 0.15) is 0 Å². The molecule has 0 saturated carbocycles. The van der Waals surface area contributed by atoms with E-state index in [1.54, 1.807) is 19.9 Å². The van der Waals surface area contributed by atoms with Crippen molar-refractivity contribution in [1.82, 2.24) is 0 Å². The molecular formula is C15H29O8PS. The van der Waals surface area contributed by atoms with Crippen LogP contribution in [0.2, 0.25) is 0 Å². The van der Waals surface area contributed by atoms with Crippen molar-refractivity contribution in [2.45, 2.75) is 51.9 Å². The molecule has 0 aromatic carbocycles. The lowest BCUT2D eigenvalue weighted by atomic mass is 10.2. The molecule has 8 nitrogen and oxygen atoms in total. The van der Waals surface area contributed by atoms with Gasteiger partial charge in [0, 0.05) is 18.8 Å². The molecule has 10 heteroatoms. The molecule has 148 valence electrons. The van der Waals surface area contributed by atoms with Gasteiger partial charge in [-0.2, -0.15) is 8.42 Å². The van der Waals surface area contributed by atoms with Crippen LogP contribution in [0, 0.1) is 0 Å². The van der Waals surface area contributed by atoms with Crippen LogP contribution in [0.15, 0.2) is 11.9 Å². The predicted octanol–water partition coefficient (Wildman–Crippen LogP) is 3.04. The van der Waals surface area contributed by atoms with Crippen LogP contribution in [0.1, 0.15) is 39.5 Å². The SMILES string of the molecule is CCOP(=O)(/C=C/[C@H](CCOS(C)(=O)=O)O[C@@H]1CCCCO1)OCC. The van der Waals surface area contributed by atoms with Crippen LogP contribution >= 0.6 is 7.60 Å². The van der Waals surface area contributed by atoms with Crippen LogP contribution in [-0.2, 0) is 37.4 Å². The van der Waals surface area contributed by atoms with Crippen LogP contribution in [0.5, 0.6) is 0 Å². The Balaban J connectivity index is 2.72. The van der Waals surface area contributed by atoms with Gasteiger partial charge in [0.2, 0.25) is 0 Å². The van der Waals surface area contributed by atoms with Crippen LogP contribution in [-0.4, -0.2) is 53.5 Å². The Morgan fingerprint density at radius 2 is 1.92 bits per heavy atom. The van der Waals surface area contributed by atoms with Crippen molar-refractivity contribution in [2.24, 2.45) is 0 Å². The summed E-state index contributed by atoms with van der Waals surface area (Å²) in [7, 11) is -6.88. The Kier molecular flexibility index (Phi) is 10.4. The summed E-state index contributed by atoms with van der Waals surface area (Å²) in [6, 6.07) is 0. The second-order valence-corrected chi connectivity index (χ2v) is 9.04. The zero-order valence-electron chi connectivity index (χ0n) is 15.1. The maximum absolute atomic E-state index is 12.5. The summed E-state index contributed by atoms with van der Waals surface area (Å²) in [5.41, 5.74) is 0. The predicted molar refractivity (Wildman–Crippen MR) is 93.9 cm³/mol. The molecule has 0 radical (unpaired) electrons. The standard InChI is InChI=1S/C15H29O8PS/c1-4-20-24(16,21-5-2)13-10-14(9-12-22-25(3,17)18)23-15-8-6-7-11-19-15/h10,13-15H,4-9,11-12H2,1-3H3/b13-10+/t14-,15+/m0/s1. The van der Waals surface area contributed by atoms with Gasteiger partial charge in [0.05, 0.1) is 32.2 Å². The second-order valence-electron chi connectivity index (χ2n) is 5.50. The van der Waals surface area contributed by atoms with E-state index in [2.05, 4.69) is 0 Å². The monoisotopic (exact) mass is 400 g/mol. The molecule has 2 atom stereocenters. The quantitative estimate of drug-likeness (QED) is 0.364. The smallest absolute Gasteiger partial charge is 0.353 e. The highest BCUT2D eigenvalue weighted by Crippen LogP contribution is 2.49. The first-order valence-electron chi connectivity index (χ1n) is 8.47. The first kappa shape index (κ1) is 22.8.